The van der Waals surface area contributed by atoms with Crippen molar-refractivity contribution in [2.45, 2.75) is 6.42 Å². The van der Waals surface area contributed by atoms with Crippen molar-refractivity contribution in [2.75, 3.05) is 18.4 Å². The summed E-state index contributed by atoms with van der Waals surface area (Å²) in [6.07, 6.45) is 1.97. The summed E-state index contributed by atoms with van der Waals surface area (Å²) in [6, 6.07) is 8.57. The normalized spacial score (nSPS) is 9.90. The Morgan fingerprint density at radius 2 is 1.95 bits per heavy atom. The van der Waals surface area contributed by atoms with Gasteiger partial charge < -0.3 is 16.0 Å². The Morgan fingerprint density at radius 3 is 2.67 bits per heavy atom. The summed E-state index contributed by atoms with van der Waals surface area (Å²) in [5.41, 5.74) is 0.667. The van der Waals surface area contributed by atoms with Crippen LogP contribution in [0.1, 0.15) is 5.82 Å². The Labute approximate surface area is 121 Å². The van der Waals surface area contributed by atoms with Crippen LogP contribution in [0.3, 0.4) is 0 Å². The SMILES string of the molecule is O=C(CNC(=O)Nc1ccccc1)NCCc1ncn[nH]1. The zero-order valence-corrected chi connectivity index (χ0v) is 11.3. The van der Waals surface area contributed by atoms with Gasteiger partial charge in [0.2, 0.25) is 5.91 Å². The van der Waals surface area contributed by atoms with Crippen LogP contribution >= 0.6 is 0 Å². The zero-order chi connectivity index (χ0) is 14.9. The second kappa shape index (κ2) is 7.63. The molecule has 0 spiro atoms. The molecule has 0 aliphatic rings. The topological polar surface area (TPSA) is 112 Å². The highest BCUT2D eigenvalue weighted by Gasteiger charge is 2.05. The Balaban J connectivity index is 1.61. The quantitative estimate of drug-likeness (QED) is 0.612. The number of rotatable bonds is 6. The summed E-state index contributed by atoms with van der Waals surface area (Å²) in [4.78, 5) is 27.0. The number of anilines is 1. The van der Waals surface area contributed by atoms with Crippen molar-refractivity contribution >= 4 is 17.6 Å². The third kappa shape index (κ3) is 5.31. The molecule has 1 aromatic carbocycles. The number of carbonyl (C=O) groups is 2. The number of benzene rings is 1. The lowest BCUT2D eigenvalue weighted by Crippen LogP contribution is -2.39. The molecule has 0 atom stereocenters. The van der Waals surface area contributed by atoms with E-state index in [0.29, 0.717) is 24.5 Å². The maximum absolute atomic E-state index is 11.6. The van der Waals surface area contributed by atoms with Crippen LogP contribution in [-0.2, 0) is 11.2 Å². The van der Waals surface area contributed by atoms with Gasteiger partial charge in [-0.15, -0.1) is 0 Å². The summed E-state index contributed by atoms with van der Waals surface area (Å²) in [6.45, 7) is 0.338. The predicted octanol–water partition coefficient (Wildman–Crippen LogP) is 0.285. The lowest BCUT2D eigenvalue weighted by atomic mass is 10.3. The highest BCUT2D eigenvalue weighted by atomic mass is 16.2. The van der Waals surface area contributed by atoms with E-state index in [0.717, 1.165) is 0 Å². The lowest BCUT2D eigenvalue weighted by Gasteiger charge is -2.07. The third-order valence-electron chi connectivity index (χ3n) is 2.59. The smallest absolute Gasteiger partial charge is 0.319 e. The maximum atomic E-state index is 11.6. The van der Waals surface area contributed by atoms with Crippen molar-refractivity contribution in [2.24, 2.45) is 0 Å². The van der Waals surface area contributed by atoms with E-state index in [1.54, 1.807) is 12.1 Å². The average Bonchev–Trinajstić information content (AvgIpc) is 2.99. The van der Waals surface area contributed by atoms with Crippen molar-refractivity contribution in [3.8, 4) is 0 Å². The minimum absolute atomic E-state index is 0.0882. The molecule has 8 heteroatoms. The monoisotopic (exact) mass is 288 g/mol. The van der Waals surface area contributed by atoms with E-state index in [-0.39, 0.29) is 12.5 Å². The van der Waals surface area contributed by atoms with E-state index < -0.39 is 6.03 Å². The summed E-state index contributed by atoms with van der Waals surface area (Å²) >= 11 is 0. The molecule has 1 aromatic heterocycles. The van der Waals surface area contributed by atoms with Crippen LogP contribution in [0.15, 0.2) is 36.7 Å². The van der Waals surface area contributed by atoms with Crippen LogP contribution in [0.4, 0.5) is 10.5 Å². The van der Waals surface area contributed by atoms with Gasteiger partial charge in [0.05, 0.1) is 6.54 Å². The average molecular weight is 288 g/mol. The molecule has 2 aromatic rings. The molecule has 1 heterocycles. The fourth-order valence-corrected chi connectivity index (χ4v) is 1.59. The number of H-pyrrole nitrogens is 1. The number of hydrogen-bond donors (Lipinski definition) is 4. The number of nitrogens with one attached hydrogen (secondary N) is 4. The van der Waals surface area contributed by atoms with Gasteiger partial charge in [-0.2, -0.15) is 5.10 Å². The molecule has 0 bridgehead atoms. The van der Waals surface area contributed by atoms with Crippen LogP contribution in [-0.4, -0.2) is 40.2 Å². The first kappa shape index (κ1) is 14.5. The number of nitrogens with zero attached hydrogens (tertiary/aromatic N) is 2. The highest BCUT2D eigenvalue weighted by Crippen LogP contribution is 2.03. The molecule has 0 fully saturated rings. The van der Waals surface area contributed by atoms with Crippen molar-refractivity contribution in [3.63, 3.8) is 0 Å². The molecule has 8 nitrogen and oxygen atoms in total. The molecule has 0 aliphatic heterocycles. The van der Waals surface area contributed by atoms with Gasteiger partial charge in [0.15, 0.2) is 0 Å². The molecule has 0 radical (unpaired) electrons. The second-order valence-electron chi connectivity index (χ2n) is 4.21. The Bertz CT molecular complexity index is 570. The molecular formula is C13H16N6O2. The predicted molar refractivity (Wildman–Crippen MR) is 76.6 cm³/mol. The summed E-state index contributed by atoms with van der Waals surface area (Å²) in [5, 5.41) is 14.2. The van der Waals surface area contributed by atoms with Gasteiger partial charge in [0.25, 0.3) is 0 Å². The van der Waals surface area contributed by atoms with E-state index in [1.807, 2.05) is 18.2 Å². The zero-order valence-electron chi connectivity index (χ0n) is 11.3. The standard InChI is InChI=1S/C13H16N6O2/c20-12(14-7-6-11-16-9-17-19-11)8-15-13(21)18-10-4-2-1-3-5-10/h1-5,9H,6-8H2,(H,14,20)(H2,15,18,21)(H,16,17,19). The van der Waals surface area contributed by atoms with E-state index >= 15 is 0 Å². The molecule has 0 saturated heterocycles. The van der Waals surface area contributed by atoms with Crippen LogP contribution in [0.5, 0.6) is 0 Å². The molecule has 4 N–H and O–H groups in total. The molecule has 0 unspecified atom stereocenters. The second-order valence-corrected chi connectivity index (χ2v) is 4.21. The van der Waals surface area contributed by atoms with Gasteiger partial charge >= 0.3 is 6.03 Å². The van der Waals surface area contributed by atoms with Gasteiger partial charge in [-0.3, -0.25) is 9.89 Å². The van der Waals surface area contributed by atoms with Crippen LogP contribution in [0, 0.1) is 0 Å². The summed E-state index contributed by atoms with van der Waals surface area (Å²) < 4.78 is 0. The molecular weight excluding hydrogens is 272 g/mol. The van der Waals surface area contributed by atoms with E-state index in [9.17, 15) is 9.59 Å². The fraction of sp³-hybridized carbons (Fsp3) is 0.231. The Morgan fingerprint density at radius 1 is 1.14 bits per heavy atom. The number of aromatic nitrogens is 3. The number of aromatic amines is 1. The highest BCUT2D eigenvalue weighted by molar-refractivity contribution is 5.92. The molecule has 21 heavy (non-hydrogen) atoms. The third-order valence-corrected chi connectivity index (χ3v) is 2.59. The minimum atomic E-state index is -0.424. The van der Waals surface area contributed by atoms with Crippen LogP contribution in [0.25, 0.3) is 0 Å². The van der Waals surface area contributed by atoms with Gasteiger partial charge in [-0.1, -0.05) is 18.2 Å². The van der Waals surface area contributed by atoms with Crippen molar-refractivity contribution < 1.29 is 9.59 Å². The van der Waals surface area contributed by atoms with Crippen molar-refractivity contribution in [1.29, 1.82) is 0 Å². The Hall–Kier alpha value is -2.90. The largest absolute Gasteiger partial charge is 0.354 e. The fourth-order valence-electron chi connectivity index (χ4n) is 1.59. The number of amides is 3. The number of carbonyl (C=O) groups excluding carboxylic acids is 2. The minimum Gasteiger partial charge on any atom is -0.354 e. The summed E-state index contributed by atoms with van der Waals surface area (Å²) in [7, 11) is 0. The van der Waals surface area contributed by atoms with E-state index in [4.69, 9.17) is 0 Å². The first-order chi connectivity index (χ1) is 10.2. The van der Waals surface area contributed by atoms with Crippen LogP contribution < -0.4 is 16.0 Å². The maximum Gasteiger partial charge on any atom is 0.319 e. The molecule has 2 rings (SSSR count). The first-order valence-electron chi connectivity index (χ1n) is 6.45. The molecule has 0 saturated carbocycles. The lowest BCUT2D eigenvalue weighted by molar-refractivity contribution is -0.120. The number of urea groups is 1. The molecule has 0 aliphatic carbocycles. The summed E-state index contributed by atoms with van der Waals surface area (Å²) in [5.74, 6) is 0.433. The first-order valence-corrected chi connectivity index (χ1v) is 6.45. The van der Waals surface area contributed by atoms with E-state index in [2.05, 4.69) is 31.1 Å². The van der Waals surface area contributed by atoms with Gasteiger partial charge in [-0.05, 0) is 12.1 Å². The number of para-hydroxylation sites is 1. The Kier molecular flexibility index (Phi) is 5.27. The van der Waals surface area contributed by atoms with Gasteiger partial charge in [0, 0.05) is 18.7 Å². The van der Waals surface area contributed by atoms with Gasteiger partial charge in [0.1, 0.15) is 12.2 Å². The van der Waals surface area contributed by atoms with E-state index in [1.165, 1.54) is 6.33 Å². The van der Waals surface area contributed by atoms with Crippen molar-refractivity contribution in [3.05, 3.63) is 42.5 Å². The molecule has 110 valence electrons. The van der Waals surface area contributed by atoms with Crippen LogP contribution in [0.2, 0.25) is 0 Å². The molecule has 3 amide bonds. The van der Waals surface area contributed by atoms with Gasteiger partial charge in [-0.25, -0.2) is 9.78 Å². The van der Waals surface area contributed by atoms with Crippen molar-refractivity contribution in [1.82, 2.24) is 25.8 Å². The number of hydrogen-bond acceptors (Lipinski definition) is 4.